The van der Waals surface area contributed by atoms with Gasteiger partial charge in [-0.05, 0) is 18.6 Å². The number of nitrogens with zero attached hydrogens (tertiary/aromatic N) is 3. The van der Waals surface area contributed by atoms with Gasteiger partial charge in [0.2, 0.25) is 0 Å². The Kier molecular flexibility index (Phi) is 2.21. The fourth-order valence-corrected chi connectivity index (χ4v) is 2.21. The van der Waals surface area contributed by atoms with Crippen LogP contribution in [0.3, 0.4) is 0 Å². The van der Waals surface area contributed by atoms with Crippen LogP contribution >= 0.6 is 0 Å². The van der Waals surface area contributed by atoms with Crippen LogP contribution in [0.5, 0.6) is 0 Å². The van der Waals surface area contributed by atoms with E-state index in [0.717, 1.165) is 0 Å². The van der Waals surface area contributed by atoms with Gasteiger partial charge in [0.1, 0.15) is 5.82 Å². The number of fused-ring (bicyclic) bond motifs is 1. The van der Waals surface area contributed by atoms with E-state index in [1.807, 2.05) is 13.8 Å². The van der Waals surface area contributed by atoms with Crippen LogP contribution in [0.25, 0.3) is 5.65 Å². The lowest BCUT2D eigenvalue weighted by molar-refractivity contribution is -0.0511. The zero-order valence-electron chi connectivity index (χ0n) is 10.2. The molecule has 7 nitrogen and oxygen atoms in total. The summed E-state index contributed by atoms with van der Waals surface area (Å²) in [4.78, 5) is 11.4. The highest BCUT2D eigenvalue weighted by Crippen LogP contribution is 2.41. The van der Waals surface area contributed by atoms with Gasteiger partial charge >= 0.3 is 5.69 Å². The summed E-state index contributed by atoms with van der Waals surface area (Å²) in [6.45, 7) is 4.00. The Bertz CT molecular complexity index is 644. The number of rotatable bonds is 2. The maximum absolute atomic E-state index is 11.4. The molecule has 3 rings (SSSR count). The molecule has 0 aromatic carbocycles. The maximum atomic E-state index is 11.4. The van der Waals surface area contributed by atoms with Gasteiger partial charge in [0, 0.05) is 11.5 Å². The predicted octanol–water partition coefficient (Wildman–Crippen LogP) is -0.0111. The summed E-state index contributed by atoms with van der Waals surface area (Å²) in [7, 11) is 0. The highest BCUT2D eigenvalue weighted by atomic mass is 16.3. The van der Waals surface area contributed by atoms with Gasteiger partial charge in [-0.1, -0.05) is 13.8 Å². The molecule has 2 aromatic rings. The molecule has 0 spiro atoms. The first-order valence-corrected chi connectivity index (χ1v) is 5.87. The number of H-pyrrole nitrogens is 1. The zero-order valence-corrected chi connectivity index (χ0v) is 10.2. The zero-order chi connectivity index (χ0) is 12.9. The Morgan fingerprint density at radius 2 is 2.33 bits per heavy atom. The molecule has 1 saturated carbocycles. The minimum Gasteiger partial charge on any atom is -0.392 e. The molecular formula is C11H15N5O2. The smallest absolute Gasteiger partial charge is 0.364 e. The van der Waals surface area contributed by atoms with Crippen molar-refractivity contribution in [2.45, 2.75) is 32.4 Å². The lowest BCUT2D eigenvalue weighted by Gasteiger charge is -2.49. The van der Waals surface area contributed by atoms with Gasteiger partial charge in [0.25, 0.3) is 0 Å². The van der Waals surface area contributed by atoms with Gasteiger partial charge in [-0.2, -0.15) is 9.61 Å². The Hall–Kier alpha value is -1.89. The molecule has 7 heteroatoms. The minimum atomic E-state index is -0.360. The van der Waals surface area contributed by atoms with E-state index in [1.165, 1.54) is 4.52 Å². The normalized spacial score (nSPS) is 25.9. The lowest BCUT2D eigenvalue weighted by Crippen LogP contribution is -2.57. The van der Waals surface area contributed by atoms with Crippen molar-refractivity contribution in [3.8, 4) is 0 Å². The van der Waals surface area contributed by atoms with E-state index in [0.29, 0.717) is 17.9 Å². The molecule has 2 aromatic heterocycles. The van der Waals surface area contributed by atoms with Crippen LogP contribution in [0.2, 0.25) is 0 Å². The SMILES string of the molecule is CC1(C)C(O)CC1Nc1ccc2n[nH]c(=O)n2n1. The number of aliphatic hydroxyl groups excluding tert-OH is 1. The molecule has 0 saturated heterocycles. The first-order valence-electron chi connectivity index (χ1n) is 5.87. The van der Waals surface area contributed by atoms with Crippen molar-refractivity contribution in [3.63, 3.8) is 0 Å². The molecule has 0 amide bonds. The Morgan fingerprint density at radius 1 is 1.56 bits per heavy atom. The third-order valence-corrected chi connectivity index (χ3v) is 3.81. The van der Waals surface area contributed by atoms with E-state index in [9.17, 15) is 9.90 Å². The monoisotopic (exact) mass is 249 g/mol. The summed E-state index contributed by atoms with van der Waals surface area (Å²) in [5.41, 5.74) is -0.0575. The number of aromatic nitrogens is 4. The molecule has 1 aliphatic rings. The van der Waals surface area contributed by atoms with Crippen molar-refractivity contribution >= 4 is 11.5 Å². The molecule has 18 heavy (non-hydrogen) atoms. The van der Waals surface area contributed by atoms with Gasteiger partial charge in [-0.25, -0.2) is 9.89 Å². The molecule has 1 aliphatic carbocycles. The fraction of sp³-hybridized carbons (Fsp3) is 0.545. The predicted molar refractivity (Wildman–Crippen MR) is 65.4 cm³/mol. The van der Waals surface area contributed by atoms with Gasteiger partial charge < -0.3 is 10.4 Å². The van der Waals surface area contributed by atoms with Crippen LogP contribution in [0.15, 0.2) is 16.9 Å². The van der Waals surface area contributed by atoms with Crippen molar-refractivity contribution in [1.82, 2.24) is 19.8 Å². The van der Waals surface area contributed by atoms with Crippen LogP contribution < -0.4 is 11.0 Å². The largest absolute Gasteiger partial charge is 0.392 e. The van der Waals surface area contributed by atoms with Crippen LogP contribution in [-0.4, -0.2) is 37.1 Å². The van der Waals surface area contributed by atoms with Gasteiger partial charge in [-0.15, -0.1) is 5.10 Å². The highest BCUT2D eigenvalue weighted by Gasteiger charge is 2.47. The van der Waals surface area contributed by atoms with Gasteiger partial charge in [0.15, 0.2) is 5.65 Å². The van der Waals surface area contributed by atoms with E-state index in [1.54, 1.807) is 12.1 Å². The number of hydrogen-bond donors (Lipinski definition) is 3. The number of nitrogens with one attached hydrogen (secondary N) is 2. The standard InChI is InChI=1S/C11H15N5O2/c1-11(2)6(5-7(11)17)12-8-3-4-9-13-14-10(18)16(9)15-8/h3-4,6-7,17H,5H2,1-2H3,(H,12,15)(H,14,18). The molecule has 2 unspecified atom stereocenters. The summed E-state index contributed by atoms with van der Waals surface area (Å²) in [5.74, 6) is 0.607. The van der Waals surface area contributed by atoms with Crippen molar-refractivity contribution in [1.29, 1.82) is 0 Å². The molecular weight excluding hydrogens is 234 g/mol. The van der Waals surface area contributed by atoms with Crippen LogP contribution in [-0.2, 0) is 0 Å². The Balaban J connectivity index is 1.87. The van der Waals surface area contributed by atoms with E-state index >= 15 is 0 Å². The molecule has 3 N–H and O–H groups in total. The quantitative estimate of drug-likeness (QED) is 0.695. The number of anilines is 1. The van der Waals surface area contributed by atoms with E-state index in [4.69, 9.17) is 0 Å². The Morgan fingerprint density at radius 3 is 3.00 bits per heavy atom. The van der Waals surface area contributed by atoms with Crippen LogP contribution in [0, 0.1) is 5.41 Å². The summed E-state index contributed by atoms with van der Waals surface area (Å²) in [6.07, 6.45) is 0.392. The van der Waals surface area contributed by atoms with Gasteiger partial charge in [0.05, 0.1) is 6.10 Å². The van der Waals surface area contributed by atoms with Crippen molar-refractivity contribution in [3.05, 3.63) is 22.6 Å². The highest BCUT2D eigenvalue weighted by molar-refractivity contribution is 5.44. The second-order valence-electron chi connectivity index (χ2n) is 5.29. The average molecular weight is 249 g/mol. The number of hydrogen-bond acceptors (Lipinski definition) is 5. The molecule has 1 fully saturated rings. The van der Waals surface area contributed by atoms with Crippen molar-refractivity contribution in [2.75, 3.05) is 5.32 Å². The first kappa shape index (κ1) is 11.2. The third-order valence-electron chi connectivity index (χ3n) is 3.81. The van der Waals surface area contributed by atoms with E-state index in [2.05, 4.69) is 20.6 Å². The summed E-state index contributed by atoms with van der Waals surface area (Å²) in [6, 6.07) is 3.64. The fourth-order valence-electron chi connectivity index (χ4n) is 2.21. The summed E-state index contributed by atoms with van der Waals surface area (Å²) < 4.78 is 1.21. The molecule has 2 heterocycles. The van der Waals surface area contributed by atoms with Gasteiger partial charge in [-0.3, -0.25) is 0 Å². The number of aromatic amines is 1. The van der Waals surface area contributed by atoms with Crippen molar-refractivity contribution < 1.29 is 5.11 Å². The molecule has 2 atom stereocenters. The topological polar surface area (TPSA) is 95.3 Å². The summed E-state index contributed by atoms with van der Waals surface area (Å²) in [5, 5.41) is 23.2. The Labute approximate surface area is 103 Å². The first-order chi connectivity index (χ1) is 8.48. The third kappa shape index (κ3) is 1.51. The minimum absolute atomic E-state index is 0.153. The van der Waals surface area contributed by atoms with E-state index < -0.39 is 0 Å². The molecule has 0 aliphatic heterocycles. The molecule has 96 valence electrons. The second-order valence-corrected chi connectivity index (χ2v) is 5.29. The van der Waals surface area contributed by atoms with Crippen LogP contribution in [0.1, 0.15) is 20.3 Å². The van der Waals surface area contributed by atoms with E-state index in [-0.39, 0.29) is 23.3 Å². The molecule has 0 radical (unpaired) electrons. The summed E-state index contributed by atoms with van der Waals surface area (Å²) >= 11 is 0. The maximum Gasteiger partial charge on any atom is 0.364 e. The average Bonchev–Trinajstić information content (AvgIpc) is 2.71. The van der Waals surface area contributed by atoms with Crippen molar-refractivity contribution in [2.24, 2.45) is 5.41 Å². The second kappa shape index (κ2) is 3.55. The molecule has 0 bridgehead atoms. The lowest BCUT2D eigenvalue weighted by atomic mass is 9.64. The van der Waals surface area contributed by atoms with Crippen LogP contribution in [0.4, 0.5) is 5.82 Å². The number of aliphatic hydroxyl groups is 1.